The molecule has 0 saturated carbocycles. The molecule has 17 heavy (non-hydrogen) atoms. The molecule has 0 bridgehead atoms. The molecule has 0 atom stereocenters. The van der Waals surface area contributed by atoms with E-state index in [1.54, 1.807) is 4.90 Å². The van der Waals surface area contributed by atoms with Crippen molar-refractivity contribution in [2.45, 2.75) is 39.2 Å². The van der Waals surface area contributed by atoms with Crippen LogP contribution in [0.4, 0.5) is 4.79 Å². The molecule has 1 heterocycles. The summed E-state index contributed by atoms with van der Waals surface area (Å²) in [6, 6.07) is 2.26. The Morgan fingerprint density at radius 1 is 1.47 bits per heavy atom. The molecule has 0 aliphatic carbocycles. The second kappa shape index (κ2) is 5.14. The Bertz CT molecular complexity index is 322. The highest BCUT2D eigenvalue weighted by atomic mass is 35.5. The minimum atomic E-state index is -0.479. The van der Waals surface area contributed by atoms with E-state index >= 15 is 0 Å². The van der Waals surface area contributed by atoms with Crippen LogP contribution in [0.3, 0.4) is 0 Å². The Labute approximate surface area is 107 Å². The molecule has 5 heteroatoms. The number of halogens is 1. The molecule has 0 radical (unpaired) electrons. The minimum Gasteiger partial charge on any atom is -0.444 e. The van der Waals surface area contributed by atoms with Gasteiger partial charge in [0.25, 0.3) is 0 Å². The fourth-order valence-electron chi connectivity index (χ4n) is 1.72. The van der Waals surface area contributed by atoms with E-state index < -0.39 is 11.0 Å². The first kappa shape index (κ1) is 14.1. The normalized spacial score (nSPS) is 19.6. The fourth-order valence-corrected chi connectivity index (χ4v) is 2.05. The summed E-state index contributed by atoms with van der Waals surface area (Å²) in [4.78, 5) is 13.4. The monoisotopic (exact) mass is 258 g/mol. The third kappa shape index (κ3) is 3.78. The lowest BCUT2D eigenvalue weighted by Gasteiger charge is -2.36. The lowest BCUT2D eigenvalue weighted by atomic mass is 9.82. The van der Waals surface area contributed by atoms with Gasteiger partial charge in [0.2, 0.25) is 0 Å². The number of nitriles is 1. The maximum absolute atomic E-state index is 11.8. The van der Waals surface area contributed by atoms with E-state index in [0.29, 0.717) is 31.8 Å². The van der Waals surface area contributed by atoms with Crippen molar-refractivity contribution < 1.29 is 9.53 Å². The Balaban J connectivity index is 2.53. The quantitative estimate of drug-likeness (QED) is 0.680. The van der Waals surface area contributed by atoms with Gasteiger partial charge in [0, 0.05) is 19.0 Å². The molecule has 1 aliphatic rings. The number of nitrogens with zero attached hydrogens (tertiary/aromatic N) is 2. The average Bonchev–Trinajstić information content (AvgIpc) is 2.27. The van der Waals surface area contributed by atoms with Crippen LogP contribution in [-0.4, -0.2) is 35.6 Å². The van der Waals surface area contributed by atoms with Crippen LogP contribution in [0.5, 0.6) is 0 Å². The number of piperidine rings is 1. The molecule has 1 fully saturated rings. The summed E-state index contributed by atoms with van der Waals surface area (Å²) >= 11 is 5.81. The van der Waals surface area contributed by atoms with Crippen LogP contribution in [0.1, 0.15) is 33.6 Å². The molecule has 0 aromatic rings. The van der Waals surface area contributed by atoms with E-state index in [4.69, 9.17) is 21.6 Å². The van der Waals surface area contributed by atoms with E-state index in [0.717, 1.165) is 0 Å². The maximum atomic E-state index is 11.8. The topological polar surface area (TPSA) is 53.3 Å². The largest absolute Gasteiger partial charge is 0.444 e. The van der Waals surface area contributed by atoms with Crippen LogP contribution >= 0.6 is 11.6 Å². The van der Waals surface area contributed by atoms with Gasteiger partial charge in [-0.05, 0) is 33.6 Å². The number of amides is 1. The summed E-state index contributed by atoms with van der Waals surface area (Å²) in [5.41, 5.74) is -0.951. The van der Waals surface area contributed by atoms with Crippen LogP contribution in [0, 0.1) is 16.7 Å². The molecule has 0 N–H and O–H groups in total. The summed E-state index contributed by atoms with van der Waals surface area (Å²) < 4.78 is 5.28. The minimum absolute atomic E-state index is 0.307. The van der Waals surface area contributed by atoms with Crippen LogP contribution in [0.25, 0.3) is 0 Å². The molecular formula is C12H19ClN2O2. The number of alkyl halides is 1. The molecule has 4 nitrogen and oxygen atoms in total. The highest BCUT2D eigenvalue weighted by molar-refractivity contribution is 6.18. The zero-order valence-corrected chi connectivity index (χ0v) is 11.4. The zero-order valence-electron chi connectivity index (χ0n) is 10.6. The van der Waals surface area contributed by atoms with Crippen molar-refractivity contribution in [2.75, 3.05) is 19.0 Å². The highest BCUT2D eigenvalue weighted by Crippen LogP contribution is 2.32. The second-order valence-corrected chi connectivity index (χ2v) is 5.76. The highest BCUT2D eigenvalue weighted by Gasteiger charge is 2.36. The van der Waals surface area contributed by atoms with Crippen LogP contribution in [-0.2, 0) is 4.74 Å². The Hall–Kier alpha value is -0.950. The molecule has 1 saturated heterocycles. The predicted molar refractivity (Wildman–Crippen MR) is 65.8 cm³/mol. The SMILES string of the molecule is CC(C)(C)OC(=O)N1CCC(C#N)(CCl)CC1. The van der Waals surface area contributed by atoms with E-state index in [2.05, 4.69) is 6.07 Å². The average molecular weight is 259 g/mol. The van der Waals surface area contributed by atoms with E-state index in [-0.39, 0.29) is 6.09 Å². The fraction of sp³-hybridized carbons (Fsp3) is 0.833. The number of rotatable bonds is 1. The van der Waals surface area contributed by atoms with Crippen molar-refractivity contribution in [3.63, 3.8) is 0 Å². The molecule has 96 valence electrons. The van der Waals surface area contributed by atoms with Crippen LogP contribution in [0.15, 0.2) is 0 Å². The lowest BCUT2D eigenvalue weighted by Crippen LogP contribution is -2.45. The van der Waals surface area contributed by atoms with Gasteiger partial charge in [-0.1, -0.05) is 0 Å². The van der Waals surface area contributed by atoms with Gasteiger partial charge in [-0.2, -0.15) is 5.26 Å². The van der Waals surface area contributed by atoms with Crippen molar-refractivity contribution in [3.8, 4) is 6.07 Å². The Morgan fingerprint density at radius 2 is 2.00 bits per heavy atom. The molecule has 0 aromatic heterocycles. The van der Waals surface area contributed by atoms with E-state index in [1.807, 2.05) is 20.8 Å². The van der Waals surface area contributed by atoms with Gasteiger partial charge in [0.05, 0.1) is 11.5 Å². The van der Waals surface area contributed by atoms with E-state index in [9.17, 15) is 4.79 Å². The summed E-state index contributed by atoms with van der Waals surface area (Å²) in [7, 11) is 0. The third-order valence-corrected chi connectivity index (χ3v) is 3.38. The lowest BCUT2D eigenvalue weighted by molar-refractivity contribution is 0.0161. The Morgan fingerprint density at radius 3 is 2.35 bits per heavy atom. The molecule has 1 aliphatic heterocycles. The van der Waals surface area contributed by atoms with Gasteiger partial charge in [-0.3, -0.25) is 0 Å². The molecular weight excluding hydrogens is 240 g/mol. The summed E-state index contributed by atoms with van der Waals surface area (Å²) in [6.45, 7) is 6.60. The first-order chi connectivity index (χ1) is 7.82. The number of carbonyl (C=O) groups excluding carboxylic acids is 1. The number of likely N-dealkylation sites (tertiary alicyclic amines) is 1. The third-order valence-electron chi connectivity index (χ3n) is 2.87. The smallest absolute Gasteiger partial charge is 0.410 e. The molecule has 1 amide bonds. The van der Waals surface area contributed by atoms with Crippen molar-refractivity contribution in [1.82, 2.24) is 4.90 Å². The molecule has 0 aromatic carbocycles. The second-order valence-electron chi connectivity index (χ2n) is 5.49. The first-order valence-corrected chi connectivity index (χ1v) is 6.30. The van der Waals surface area contributed by atoms with Gasteiger partial charge >= 0.3 is 6.09 Å². The van der Waals surface area contributed by atoms with Gasteiger partial charge in [0.15, 0.2) is 0 Å². The first-order valence-electron chi connectivity index (χ1n) is 5.77. The van der Waals surface area contributed by atoms with E-state index in [1.165, 1.54) is 0 Å². The molecule has 1 rings (SSSR count). The Kier molecular flexibility index (Phi) is 4.26. The predicted octanol–water partition coefficient (Wildman–Crippen LogP) is 2.77. The van der Waals surface area contributed by atoms with Gasteiger partial charge in [0.1, 0.15) is 5.60 Å². The summed E-state index contributed by atoms with van der Waals surface area (Å²) in [5, 5.41) is 9.08. The number of hydrogen-bond donors (Lipinski definition) is 0. The van der Waals surface area contributed by atoms with Gasteiger partial charge in [-0.15, -0.1) is 11.6 Å². The number of carbonyl (C=O) groups is 1. The summed E-state index contributed by atoms with van der Waals surface area (Å²) in [5.74, 6) is 0.325. The zero-order chi connectivity index (χ0) is 13.1. The standard InChI is InChI=1S/C12H19ClN2O2/c1-11(2,3)17-10(16)15-6-4-12(8-13,9-14)5-7-15/h4-8H2,1-3H3. The van der Waals surface area contributed by atoms with Gasteiger partial charge < -0.3 is 9.64 Å². The number of hydrogen-bond acceptors (Lipinski definition) is 3. The van der Waals surface area contributed by atoms with Crippen LogP contribution in [0.2, 0.25) is 0 Å². The summed E-state index contributed by atoms with van der Waals surface area (Å²) in [6.07, 6.45) is 0.928. The van der Waals surface area contributed by atoms with Crippen molar-refractivity contribution in [3.05, 3.63) is 0 Å². The molecule has 0 spiro atoms. The number of ether oxygens (including phenoxy) is 1. The van der Waals surface area contributed by atoms with Crippen molar-refractivity contribution in [1.29, 1.82) is 5.26 Å². The van der Waals surface area contributed by atoms with Crippen molar-refractivity contribution in [2.24, 2.45) is 5.41 Å². The van der Waals surface area contributed by atoms with Gasteiger partial charge in [-0.25, -0.2) is 4.79 Å². The molecule has 0 unspecified atom stereocenters. The van der Waals surface area contributed by atoms with Crippen molar-refractivity contribution >= 4 is 17.7 Å². The van der Waals surface area contributed by atoms with Crippen LogP contribution < -0.4 is 0 Å². The maximum Gasteiger partial charge on any atom is 0.410 e.